The average Bonchev–Trinajstić information content (AvgIpc) is 2.44. The van der Waals surface area contributed by atoms with E-state index in [1.54, 1.807) is 0 Å². The quantitative estimate of drug-likeness (QED) is 0.785. The number of likely N-dealkylation sites (N-methyl/N-ethyl adjacent to an activating group) is 1. The molecule has 0 N–H and O–H groups in total. The summed E-state index contributed by atoms with van der Waals surface area (Å²) < 4.78 is 0. The van der Waals surface area contributed by atoms with Crippen LogP contribution in [-0.4, -0.2) is 29.3 Å². The van der Waals surface area contributed by atoms with Gasteiger partial charge in [-0.15, -0.1) is 0 Å². The van der Waals surface area contributed by atoms with E-state index in [4.69, 9.17) is 4.98 Å². The Kier molecular flexibility index (Phi) is 3.30. The number of benzene rings is 1. The van der Waals surface area contributed by atoms with Gasteiger partial charge >= 0.3 is 0 Å². The number of nitrogens with zero attached hydrogens (tertiary/aromatic N) is 2. The minimum absolute atomic E-state index is 0.843. The Balaban J connectivity index is 2.31. The molecule has 0 aliphatic carbocycles. The van der Waals surface area contributed by atoms with Crippen LogP contribution in [-0.2, 0) is 13.0 Å². The lowest BCUT2D eigenvalue weighted by atomic mass is 9.93. The van der Waals surface area contributed by atoms with Gasteiger partial charge in [0.25, 0.3) is 0 Å². The van der Waals surface area contributed by atoms with E-state index >= 15 is 0 Å². The van der Waals surface area contributed by atoms with Crippen molar-refractivity contribution in [1.82, 2.24) is 9.88 Å². The van der Waals surface area contributed by atoms with Crippen molar-refractivity contribution in [3.05, 3.63) is 40.1 Å². The first-order valence-corrected chi connectivity index (χ1v) is 7.24. The van der Waals surface area contributed by atoms with Crippen LogP contribution >= 0.6 is 0 Å². The summed E-state index contributed by atoms with van der Waals surface area (Å²) in [5, 5.41) is 1.03. The maximum absolute atomic E-state index is 11.7. The van der Waals surface area contributed by atoms with Crippen molar-refractivity contribution in [2.24, 2.45) is 0 Å². The molecule has 0 radical (unpaired) electrons. The predicted octanol–water partition coefficient (Wildman–Crippen LogP) is 3.04. The average molecular weight is 268 g/mol. The van der Waals surface area contributed by atoms with Crippen molar-refractivity contribution in [1.29, 1.82) is 0 Å². The van der Waals surface area contributed by atoms with Gasteiger partial charge in [-0.1, -0.05) is 13.0 Å². The van der Waals surface area contributed by atoms with Crippen LogP contribution in [0.1, 0.15) is 39.7 Å². The molecule has 3 nitrogen and oxygen atoms in total. The summed E-state index contributed by atoms with van der Waals surface area (Å²) in [4.78, 5) is 18.9. The number of rotatable bonds is 2. The molecule has 0 atom stereocenters. The van der Waals surface area contributed by atoms with Crippen LogP contribution in [0, 0.1) is 13.8 Å². The Bertz CT molecular complexity index is 691. The van der Waals surface area contributed by atoms with Gasteiger partial charge in [0.2, 0.25) is 0 Å². The zero-order valence-electron chi connectivity index (χ0n) is 12.4. The van der Waals surface area contributed by atoms with Crippen molar-refractivity contribution in [3.8, 4) is 0 Å². The Labute approximate surface area is 119 Å². The Hall–Kier alpha value is -1.74. The summed E-state index contributed by atoms with van der Waals surface area (Å²) in [6.45, 7) is 9.20. The molecule has 2 aromatic rings. The van der Waals surface area contributed by atoms with Crippen molar-refractivity contribution < 1.29 is 4.79 Å². The zero-order chi connectivity index (χ0) is 14.3. The minimum Gasteiger partial charge on any atom is -0.299 e. The lowest BCUT2D eigenvalue weighted by Gasteiger charge is -2.28. The Morgan fingerprint density at radius 3 is 2.85 bits per heavy atom. The molecule has 0 saturated carbocycles. The minimum atomic E-state index is 0.843. The standard InChI is InChI=1S/C17H20N2O/c1-4-19-6-5-15-13(9-19)14(10-20)17-12(3)7-11(2)8-16(17)18-15/h7-8,10H,4-6,9H2,1-3H3. The molecule has 1 aliphatic rings. The van der Waals surface area contributed by atoms with Crippen LogP contribution in [0.15, 0.2) is 12.1 Å². The first-order chi connectivity index (χ1) is 9.63. The second-order valence-corrected chi connectivity index (χ2v) is 5.66. The van der Waals surface area contributed by atoms with E-state index < -0.39 is 0 Å². The number of aromatic nitrogens is 1. The second kappa shape index (κ2) is 4.98. The van der Waals surface area contributed by atoms with E-state index in [0.717, 1.165) is 65.6 Å². The van der Waals surface area contributed by atoms with Gasteiger partial charge in [0.05, 0.1) is 5.52 Å². The van der Waals surface area contributed by atoms with E-state index in [2.05, 4.69) is 37.8 Å². The normalized spacial score (nSPS) is 15.3. The van der Waals surface area contributed by atoms with Crippen LogP contribution in [0.2, 0.25) is 0 Å². The fourth-order valence-electron chi connectivity index (χ4n) is 3.25. The van der Waals surface area contributed by atoms with E-state index in [9.17, 15) is 4.79 Å². The third kappa shape index (κ3) is 2.02. The number of pyridine rings is 1. The maximum Gasteiger partial charge on any atom is 0.151 e. The lowest BCUT2D eigenvalue weighted by Crippen LogP contribution is -2.31. The molecule has 3 rings (SSSR count). The molecule has 0 unspecified atom stereocenters. The molecular weight excluding hydrogens is 248 g/mol. The first kappa shape index (κ1) is 13.3. The smallest absolute Gasteiger partial charge is 0.151 e. The van der Waals surface area contributed by atoms with Gasteiger partial charge in [-0.2, -0.15) is 0 Å². The predicted molar refractivity (Wildman–Crippen MR) is 81.3 cm³/mol. The van der Waals surface area contributed by atoms with Crippen LogP contribution in [0.3, 0.4) is 0 Å². The van der Waals surface area contributed by atoms with E-state index in [0.29, 0.717) is 0 Å². The lowest BCUT2D eigenvalue weighted by molar-refractivity contribution is 0.112. The Morgan fingerprint density at radius 1 is 1.35 bits per heavy atom. The topological polar surface area (TPSA) is 33.2 Å². The number of carbonyl (C=O) groups excluding carboxylic acids is 1. The number of aryl methyl sites for hydroxylation is 2. The molecule has 0 saturated heterocycles. The first-order valence-electron chi connectivity index (χ1n) is 7.24. The van der Waals surface area contributed by atoms with Crippen molar-refractivity contribution in [2.45, 2.75) is 33.7 Å². The summed E-state index contributed by atoms with van der Waals surface area (Å²) in [6, 6.07) is 4.21. The van der Waals surface area contributed by atoms with Crippen LogP contribution in [0.5, 0.6) is 0 Å². The van der Waals surface area contributed by atoms with Crippen LogP contribution < -0.4 is 0 Å². The monoisotopic (exact) mass is 268 g/mol. The fraction of sp³-hybridized carbons (Fsp3) is 0.412. The maximum atomic E-state index is 11.7. The van der Waals surface area contributed by atoms with Crippen LogP contribution in [0.4, 0.5) is 0 Å². The number of carbonyl (C=O) groups is 1. The Morgan fingerprint density at radius 2 is 2.15 bits per heavy atom. The highest BCUT2D eigenvalue weighted by atomic mass is 16.1. The third-order valence-electron chi connectivity index (χ3n) is 4.27. The third-order valence-corrected chi connectivity index (χ3v) is 4.27. The zero-order valence-corrected chi connectivity index (χ0v) is 12.4. The van der Waals surface area contributed by atoms with Crippen LogP contribution in [0.25, 0.3) is 10.9 Å². The number of hydrogen-bond donors (Lipinski definition) is 0. The highest BCUT2D eigenvalue weighted by Gasteiger charge is 2.22. The van der Waals surface area contributed by atoms with Crippen molar-refractivity contribution >= 4 is 17.2 Å². The summed E-state index contributed by atoms with van der Waals surface area (Å²) in [5.74, 6) is 0. The molecule has 3 heteroatoms. The largest absolute Gasteiger partial charge is 0.299 e. The van der Waals surface area contributed by atoms with Gasteiger partial charge in [-0.25, -0.2) is 0 Å². The number of fused-ring (bicyclic) bond motifs is 2. The highest BCUT2D eigenvalue weighted by Crippen LogP contribution is 2.29. The van der Waals surface area contributed by atoms with Gasteiger partial charge in [-0.05, 0) is 43.1 Å². The molecule has 1 aromatic heterocycles. The van der Waals surface area contributed by atoms with Gasteiger partial charge in [0.1, 0.15) is 0 Å². The molecule has 0 spiro atoms. The van der Waals surface area contributed by atoms with Crippen molar-refractivity contribution in [3.63, 3.8) is 0 Å². The highest BCUT2D eigenvalue weighted by molar-refractivity contribution is 6.00. The molecular formula is C17H20N2O. The molecule has 20 heavy (non-hydrogen) atoms. The molecule has 2 heterocycles. The van der Waals surface area contributed by atoms with Gasteiger partial charge in [-0.3, -0.25) is 14.7 Å². The van der Waals surface area contributed by atoms with Gasteiger partial charge < -0.3 is 0 Å². The molecule has 104 valence electrons. The second-order valence-electron chi connectivity index (χ2n) is 5.66. The summed E-state index contributed by atoms with van der Waals surface area (Å²) in [5.41, 5.74) is 6.40. The molecule has 0 bridgehead atoms. The molecule has 1 aliphatic heterocycles. The molecule has 0 fully saturated rings. The van der Waals surface area contributed by atoms with Crippen molar-refractivity contribution in [2.75, 3.05) is 13.1 Å². The summed E-state index contributed by atoms with van der Waals surface area (Å²) in [6.07, 6.45) is 1.96. The SMILES string of the molecule is CCN1CCc2nc3cc(C)cc(C)c3c(C=O)c2C1. The van der Waals surface area contributed by atoms with Gasteiger partial charge in [0.15, 0.2) is 6.29 Å². The number of hydrogen-bond acceptors (Lipinski definition) is 3. The summed E-state index contributed by atoms with van der Waals surface area (Å²) in [7, 11) is 0. The number of aldehydes is 1. The fourth-order valence-corrected chi connectivity index (χ4v) is 3.25. The molecule has 0 amide bonds. The van der Waals surface area contributed by atoms with Gasteiger partial charge in [0, 0.05) is 36.2 Å². The molecule has 1 aromatic carbocycles. The summed E-state index contributed by atoms with van der Waals surface area (Å²) >= 11 is 0. The van der Waals surface area contributed by atoms with E-state index in [1.165, 1.54) is 5.56 Å². The van der Waals surface area contributed by atoms with E-state index in [-0.39, 0.29) is 0 Å². The van der Waals surface area contributed by atoms with E-state index in [1.807, 2.05) is 0 Å².